The molecule has 0 spiro atoms. The molecule has 1 aromatic carbocycles. The molecule has 2 N–H and O–H groups in total. The fourth-order valence-corrected chi connectivity index (χ4v) is 2.43. The molecule has 14 heavy (non-hydrogen) atoms. The van der Waals surface area contributed by atoms with Gasteiger partial charge in [0.1, 0.15) is 0 Å². The average Bonchev–Trinajstić information content (AvgIpc) is 2.51. The lowest BCUT2D eigenvalue weighted by Gasteiger charge is -2.06. The number of nitrogens with two attached hydrogens (primary N) is 1. The number of thiazole rings is 1. The maximum Gasteiger partial charge on any atom is 0.0815 e. The zero-order valence-electron chi connectivity index (χ0n) is 7.83. The summed E-state index contributed by atoms with van der Waals surface area (Å²) < 4.78 is 1.13. The highest BCUT2D eigenvalue weighted by Gasteiger charge is 2.06. The minimum absolute atomic E-state index is 0.128. The lowest BCUT2D eigenvalue weighted by molar-refractivity contribution is 0.739. The van der Waals surface area contributed by atoms with Crippen LogP contribution in [0.5, 0.6) is 0 Å². The zero-order chi connectivity index (χ0) is 10.1. The van der Waals surface area contributed by atoms with Crippen LogP contribution in [0.2, 0.25) is 5.02 Å². The Hall–Kier alpha value is -0.640. The van der Waals surface area contributed by atoms with Crippen LogP contribution in [0.25, 0.3) is 10.2 Å². The molecule has 74 valence electrons. The summed E-state index contributed by atoms with van der Waals surface area (Å²) in [4.78, 5) is 4.25. The summed E-state index contributed by atoms with van der Waals surface area (Å²) in [5.74, 6) is 0. The second-order valence-electron chi connectivity index (χ2n) is 3.45. The molecule has 0 aliphatic rings. The summed E-state index contributed by atoms with van der Waals surface area (Å²) in [7, 11) is 0. The number of aromatic nitrogens is 1. The first-order valence-electron chi connectivity index (χ1n) is 4.44. The molecule has 0 saturated carbocycles. The maximum atomic E-state index is 6.13. The molecule has 0 aliphatic heterocycles. The zero-order valence-corrected chi connectivity index (χ0v) is 9.40. The highest BCUT2D eigenvalue weighted by Crippen LogP contribution is 2.26. The molecule has 1 heterocycles. The van der Waals surface area contributed by atoms with E-state index >= 15 is 0 Å². The van der Waals surface area contributed by atoms with Gasteiger partial charge in [-0.2, -0.15) is 0 Å². The second-order valence-corrected chi connectivity index (χ2v) is 4.74. The van der Waals surface area contributed by atoms with Crippen molar-refractivity contribution in [3.05, 3.63) is 28.2 Å². The quantitative estimate of drug-likeness (QED) is 0.855. The molecule has 0 radical (unpaired) electrons. The number of halogens is 1. The summed E-state index contributed by atoms with van der Waals surface area (Å²) in [5.41, 5.74) is 9.66. The standard InChI is InChI=1S/C10H11ClN2S/c1-6(12)2-7-3-9-10(4-8(7)11)14-5-13-9/h3-6H,2,12H2,1H3. The Morgan fingerprint density at radius 2 is 2.36 bits per heavy atom. The van der Waals surface area contributed by atoms with Crippen molar-refractivity contribution < 1.29 is 0 Å². The van der Waals surface area contributed by atoms with Gasteiger partial charge in [0, 0.05) is 11.1 Å². The molecule has 1 unspecified atom stereocenters. The van der Waals surface area contributed by atoms with Crippen LogP contribution < -0.4 is 5.73 Å². The number of nitrogens with zero attached hydrogens (tertiary/aromatic N) is 1. The Bertz CT molecular complexity index is 450. The summed E-state index contributed by atoms with van der Waals surface area (Å²) in [6.07, 6.45) is 0.798. The van der Waals surface area contributed by atoms with Crippen LogP contribution in [-0.4, -0.2) is 11.0 Å². The smallest absolute Gasteiger partial charge is 0.0815 e. The fraction of sp³-hybridized carbons (Fsp3) is 0.300. The van der Waals surface area contributed by atoms with Crippen molar-refractivity contribution >= 4 is 33.2 Å². The van der Waals surface area contributed by atoms with E-state index < -0.39 is 0 Å². The van der Waals surface area contributed by atoms with E-state index in [0.29, 0.717) is 0 Å². The van der Waals surface area contributed by atoms with Crippen LogP contribution >= 0.6 is 22.9 Å². The minimum Gasteiger partial charge on any atom is -0.328 e. The van der Waals surface area contributed by atoms with E-state index in [9.17, 15) is 0 Å². The van der Waals surface area contributed by atoms with Crippen molar-refractivity contribution in [2.24, 2.45) is 5.73 Å². The van der Waals surface area contributed by atoms with Crippen LogP contribution in [0.1, 0.15) is 12.5 Å². The normalized spacial score (nSPS) is 13.4. The largest absolute Gasteiger partial charge is 0.328 e. The van der Waals surface area contributed by atoms with Gasteiger partial charge in [0.25, 0.3) is 0 Å². The SMILES string of the molecule is CC(N)Cc1cc2ncsc2cc1Cl. The average molecular weight is 227 g/mol. The van der Waals surface area contributed by atoms with Crippen LogP contribution in [-0.2, 0) is 6.42 Å². The molecular formula is C10H11ClN2S. The first-order chi connectivity index (χ1) is 6.66. The Morgan fingerprint density at radius 3 is 3.07 bits per heavy atom. The minimum atomic E-state index is 0.128. The number of hydrogen-bond acceptors (Lipinski definition) is 3. The van der Waals surface area contributed by atoms with E-state index in [1.54, 1.807) is 11.3 Å². The molecule has 2 aromatic rings. The molecule has 0 bridgehead atoms. The molecule has 4 heteroatoms. The first kappa shape index (κ1) is 9.90. The van der Waals surface area contributed by atoms with E-state index in [0.717, 1.165) is 27.2 Å². The van der Waals surface area contributed by atoms with E-state index in [2.05, 4.69) is 4.98 Å². The number of fused-ring (bicyclic) bond motifs is 1. The molecule has 2 nitrogen and oxygen atoms in total. The molecular weight excluding hydrogens is 216 g/mol. The second kappa shape index (κ2) is 3.85. The van der Waals surface area contributed by atoms with Crippen LogP contribution in [0.4, 0.5) is 0 Å². The third-order valence-corrected chi connectivity index (χ3v) is 3.18. The van der Waals surface area contributed by atoms with E-state index in [-0.39, 0.29) is 6.04 Å². The van der Waals surface area contributed by atoms with Gasteiger partial charge in [-0.1, -0.05) is 11.6 Å². The Morgan fingerprint density at radius 1 is 1.57 bits per heavy atom. The van der Waals surface area contributed by atoms with Gasteiger partial charge in [-0.25, -0.2) is 4.98 Å². The third-order valence-electron chi connectivity index (χ3n) is 2.04. The molecule has 0 aliphatic carbocycles. The number of rotatable bonds is 2. The van der Waals surface area contributed by atoms with Gasteiger partial charge < -0.3 is 5.73 Å². The van der Waals surface area contributed by atoms with Crippen molar-refractivity contribution in [1.29, 1.82) is 0 Å². The van der Waals surface area contributed by atoms with Crippen LogP contribution in [0.3, 0.4) is 0 Å². The molecule has 0 amide bonds. The Kier molecular flexibility index (Phi) is 2.72. The Balaban J connectivity index is 2.48. The lowest BCUT2D eigenvalue weighted by Crippen LogP contribution is -2.17. The van der Waals surface area contributed by atoms with Crippen molar-refractivity contribution in [2.45, 2.75) is 19.4 Å². The topological polar surface area (TPSA) is 38.9 Å². The van der Waals surface area contributed by atoms with E-state index in [1.807, 2.05) is 24.6 Å². The number of hydrogen-bond donors (Lipinski definition) is 1. The van der Waals surface area contributed by atoms with Gasteiger partial charge in [0.15, 0.2) is 0 Å². The summed E-state index contributed by atoms with van der Waals surface area (Å²) in [6.45, 7) is 1.97. The van der Waals surface area contributed by atoms with Gasteiger partial charge >= 0.3 is 0 Å². The summed E-state index contributed by atoms with van der Waals surface area (Å²) in [6, 6.07) is 4.12. The lowest BCUT2D eigenvalue weighted by atomic mass is 10.1. The highest BCUT2D eigenvalue weighted by atomic mass is 35.5. The molecule has 1 atom stereocenters. The summed E-state index contributed by atoms with van der Waals surface area (Å²) >= 11 is 7.73. The van der Waals surface area contributed by atoms with Crippen LogP contribution in [0.15, 0.2) is 17.6 Å². The predicted octanol–water partition coefficient (Wildman–Crippen LogP) is 2.84. The van der Waals surface area contributed by atoms with E-state index in [4.69, 9.17) is 17.3 Å². The number of benzene rings is 1. The fourth-order valence-electron chi connectivity index (χ4n) is 1.43. The highest BCUT2D eigenvalue weighted by molar-refractivity contribution is 7.16. The van der Waals surface area contributed by atoms with Crippen molar-refractivity contribution in [3.8, 4) is 0 Å². The van der Waals surface area contributed by atoms with Crippen LogP contribution in [0, 0.1) is 0 Å². The van der Waals surface area contributed by atoms with Gasteiger partial charge in [0.05, 0.1) is 15.7 Å². The molecule has 0 saturated heterocycles. The summed E-state index contributed by atoms with van der Waals surface area (Å²) in [5, 5.41) is 0.791. The third kappa shape index (κ3) is 1.90. The van der Waals surface area contributed by atoms with Gasteiger partial charge in [-0.05, 0) is 31.0 Å². The van der Waals surface area contributed by atoms with Gasteiger partial charge in [0.2, 0.25) is 0 Å². The van der Waals surface area contributed by atoms with Crippen molar-refractivity contribution in [1.82, 2.24) is 4.98 Å². The van der Waals surface area contributed by atoms with E-state index in [1.165, 1.54) is 0 Å². The maximum absolute atomic E-state index is 6.13. The molecule has 0 fully saturated rings. The first-order valence-corrected chi connectivity index (χ1v) is 5.70. The van der Waals surface area contributed by atoms with Crippen molar-refractivity contribution in [2.75, 3.05) is 0 Å². The van der Waals surface area contributed by atoms with Crippen molar-refractivity contribution in [3.63, 3.8) is 0 Å². The molecule has 1 aromatic heterocycles. The predicted molar refractivity (Wildman–Crippen MR) is 62.0 cm³/mol. The van der Waals surface area contributed by atoms with Gasteiger partial charge in [-0.3, -0.25) is 0 Å². The Labute approximate surface area is 91.7 Å². The van der Waals surface area contributed by atoms with Gasteiger partial charge in [-0.15, -0.1) is 11.3 Å². The molecule has 2 rings (SSSR count). The monoisotopic (exact) mass is 226 g/mol.